The van der Waals surface area contributed by atoms with Gasteiger partial charge in [-0.05, 0) is 18.2 Å². The van der Waals surface area contributed by atoms with E-state index in [1.165, 1.54) is 0 Å². The highest BCUT2D eigenvalue weighted by molar-refractivity contribution is 5.76. The van der Waals surface area contributed by atoms with Crippen LogP contribution in [0.1, 0.15) is 18.4 Å². The summed E-state index contributed by atoms with van der Waals surface area (Å²) in [6, 6.07) is 11.4. The van der Waals surface area contributed by atoms with E-state index < -0.39 is 0 Å². The second-order valence-electron chi connectivity index (χ2n) is 4.56. The van der Waals surface area contributed by atoms with Crippen molar-refractivity contribution in [1.29, 1.82) is 10.5 Å². The fourth-order valence-electron chi connectivity index (χ4n) is 1.74. The maximum absolute atomic E-state index is 11.8. The highest BCUT2D eigenvalue weighted by atomic mass is 16.2. The first-order valence-corrected chi connectivity index (χ1v) is 6.40. The van der Waals surface area contributed by atoms with Gasteiger partial charge < -0.3 is 9.80 Å². The van der Waals surface area contributed by atoms with Gasteiger partial charge in [0.25, 0.3) is 0 Å². The topological polar surface area (TPSA) is 71.1 Å². The molecule has 0 fully saturated rings. The van der Waals surface area contributed by atoms with Gasteiger partial charge in [-0.3, -0.25) is 4.79 Å². The summed E-state index contributed by atoms with van der Waals surface area (Å²) in [5, 5.41) is 17.4. The van der Waals surface area contributed by atoms with Crippen LogP contribution in [0.25, 0.3) is 0 Å². The summed E-state index contributed by atoms with van der Waals surface area (Å²) in [4.78, 5) is 15.4. The van der Waals surface area contributed by atoms with Gasteiger partial charge in [-0.25, -0.2) is 0 Å². The zero-order chi connectivity index (χ0) is 15.0. The number of carbonyl (C=O) groups is 1. The molecule has 0 saturated heterocycles. The molecule has 1 aromatic rings. The molecule has 0 unspecified atom stereocenters. The van der Waals surface area contributed by atoms with Crippen LogP contribution >= 0.6 is 0 Å². The third kappa shape index (κ3) is 4.62. The van der Waals surface area contributed by atoms with Gasteiger partial charge in [0, 0.05) is 39.3 Å². The van der Waals surface area contributed by atoms with E-state index in [-0.39, 0.29) is 5.91 Å². The quantitative estimate of drug-likeness (QED) is 0.789. The molecule has 0 aliphatic heterocycles. The van der Waals surface area contributed by atoms with Crippen LogP contribution < -0.4 is 4.90 Å². The van der Waals surface area contributed by atoms with E-state index in [4.69, 9.17) is 10.5 Å². The molecule has 0 atom stereocenters. The van der Waals surface area contributed by atoms with Gasteiger partial charge in [0.15, 0.2) is 0 Å². The molecule has 20 heavy (non-hydrogen) atoms. The van der Waals surface area contributed by atoms with Crippen LogP contribution in [0.4, 0.5) is 5.69 Å². The molecule has 0 bridgehead atoms. The normalized spacial score (nSPS) is 9.40. The fraction of sp³-hybridized carbons (Fsp3) is 0.400. The maximum atomic E-state index is 11.8. The van der Waals surface area contributed by atoms with E-state index >= 15 is 0 Å². The first-order valence-electron chi connectivity index (χ1n) is 6.40. The molecule has 0 radical (unpaired) electrons. The van der Waals surface area contributed by atoms with Gasteiger partial charge in [-0.15, -0.1) is 0 Å². The van der Waals surface area contributed by atoms with E-state index in [1.54, 1.807) is 24.1 Å². The number of hydrogen-bond acceptors (Lipinski definition) is 4. The number of nitriles is 2. The fourth-order valence-corrected chi connectivity index (χ4v) is 1.74. The minimum Gasteiger partial charge on any atom is -0.374 e. The Morgan fingerprint density at radius 3 is 2.65 bits per heavy atom. The third-order valence-corrected chi connectivity index (χ3v) is 3.06. The predicted octanol–water partition coefficient (Wildman–Crippen LogP) is 1.76. The molecular weight excluding hydrogens is 252 g/mol. The lowest BCUT2D eigenvalue weighted by Gasteiger charge is -2.21. The zero-order valence-electron chi connectivity index (χ0n) is 11.8. The molecule has 1 rings (SSSR count). The number of amides is 1. The van der Waals surface area contributed by atoms with Gasteiger partial charge in [-0.1, -0.05) is 6.07 Å². The van der Waals surface area contributed by atoms with Crippen molar-refractivity contribution in [3.05, 3.63) is 29.8 Å². The zero-order valence-corrected chi connectivity index (χ0v) is 11.8. The number of hydrogen-bond donors (Lipinski definition) is 0. The summed E-state index contributed by atoms with van der Waals surface area (Å²) >= 11 is 0. The van der Waals surface area contributed by atoms with Crippen LogP contribution in [0.3, 0.4) is 0 Å². The molecule has 0 aliphatic carbocycles. The monoisotopic (exact) mass is 270 g/mol. The highest BCUT2D eigenvalue weighted by Crippen LogP contribution is 2.14. The van der Waals surface area contributed by atoms with E-state index in [2.05, 4.69) is 6.07 Å². The second kappa shape index (κ2) is 7.81. The number of rotatable bonds is 6. The van der Waals surface area contributed by atoms with Crippen molar-refractivity contribution in [1.82, 2.24) is 4.90 Å². The van der Waals surface area contributed by atoms with E-state index in [9.17, 15) is 4.79 Å². The van der Waals surface area contributed by atoms with Gasteiger partial charge in [-0.2, -0.15) is 10.5 Å². The molecule has 0 heterocycles. The summed E-state index contributed by atoms with van der Waals surface area (Å²) in [7, 11) is 3.59. The molecular formula is C15H18N4O. The summed E-state index contributed by atoms with van der Waals surface area (Å²) in [6.07, 6.45) is 0.734. The van der Waals surface area contributed by atoms with Crippen molar-refractivity contribution in [2.45, 2.75) is 12.8 Å². The SMILES string of the molecule is CN(CCC#N)C(=O)CCN(C)c1cccc(C#N)c1. The summed E-state index contributed by atoms with van der Waals surface area (Å²) in [6.45, 7) is 1.04. The average Bonchev–Trinajstić information content (AvgIpc) is 2.49. The average molecular weight is 270 g/mol. The van der Waals surface area contributed by atoms with E-state index in [1.807, 2.05) is 30.1 Å². The lowest BCUT2D eigenvalue weighted by atomic mass is 10.2. The Bertz CT molecular complexity index is 542. The molecule has 104 valence electrons. The standard InChI is InChI=1S/C15H18N4O/c1-18(14-6-3-5-13(11-14)12-17)10-7-15(20)19(2)9-4-8-16/h3,5-6,11H,4,7,9-10H2,1-2H3. The number of nitrogens with zero attached hydrogens (tertiary/aromatic N) is 4. The first kappa shape index (κ1) is 15.5. The van der Waals surface area contributed by atoms with Crippen LogP contribution in [0, 0.1) is 22.7 Å². The van der Waals surface area contributed by atoms with Gasteiger partial charge in [0.1, 0.15) is 0 Å². The van der Waals surface area contributed by atoms with Crippen LogP contribution in [-0.4, -0.2) is 38.0 Å². The van der Waals surface area contributed by atoms with Gasteiger partial charge in [0.2, 0.25) is 5.91 Å². The van der Waals surface area contributed by atoms with Crippen molar-refractivity contribution in [2.75, 3.05) is 32.1 Å². The maximum Gasteiger partial charge on any atom is 0.224 e. The number of benzene rings is 1. The first-order chi connectivity index (χ1) is 9.58. The smallest absolute Gasteiger partial charge is 0.224 e. The van der Waals surface area contributed by atoms with Crippen molar-refractivity contribution < 1.29 is 4.79 Å². The Labute approximate surface area is 119 Å². The van der Waals surface area contributed by atoms with Crippen LogP contribution in [0.2, 0.25) is 0 Å². The molecule has 0 spiro atoms. The summed E-state index contributed by atoms with van der Waals surface area (Å²) < 4.78 is 0. The Hall–Kier alpha value is -2.53. The Morgan fingerprint density at radius 1 is 1.25 bits per heavy atom. The summed E-state index contributed by atoms with van der Waals surface area (Å²) in [5.41, 5.74) is 1.52. The predicted molar refractivity (Wildman–Crippen MR) is 76.9 cm³/mol. The molecule has 0 aromatic heterocycles. The van der Waals surface area contributed by atoms with Crippen molar-refractivity contribution in [3.8, 4) is 12.1 Å². The van der Waals surface area contributed by atoms with E-state index in [0.29, 0.717) is 31.5 Å². The highest BCUT2D eigenvalue weighted by Gasteiger charge is 2.10. The molecule has 0 aliphatic rings. The second-order valence-corrected chi connectivity index (χ2v) is 4.56. The lowest BCUT2D eigenvalue weighted by Crippen LogP contribution is -2.31. The molecule has 1 aromatic carbocycles. The van der Waals surface area contributed by atoms with Crippen molar-refractivity contribution in [3.63, 3.8) is 0 Å². The van der Waals surface area contributed by atoms with Gasteiger partial charge in [0.05, 0.1) is 24.1 Å². The van der Waals surface area contributed by atoms with Crippen LogP contribution in [0.15, 0.2) is 24.3 Å². The summed E-state index contributed by atoms with van der Waals surface area (Å²) in [5.74, 6) is 0.0172. The Kier molecular flexibility index (Phi) is 6.06. The third-order valence-electron chi connectivity index (χ3n) is 3.06. The van der Waals surface area contributed by atoms with Crippen molar-refractivity contribution in [2.24, 2.45) is 0 Å². The van der Waals surface area contributed by atoms with Crippen LogP contribution in [0.5, 0.6) is 0 Å². The van der Waals surface area contributed by atoms with Gasteiger partial charge >= 0.3 is 0 Å². The Morgan fingerprint density at radius 2 is 2.00 bits per heavy atom. The lowest BCUT2D eigenvalue weighted by molar-refractivity contribution is -0.129. The Balaban J connectivity index is 2.50. The molecule has 5 heteroatoms. The molecule has 5 nitrogen and oxygen atoms in total. The van der Waals surface area contributed by atoms with Crippen LogP contribution in [-0.2, 0) is 4.79 Å². The molecule has 1 amide bonds. The molecule has 0 N–H and O–H groups in total. The van der Waals surface area contributed by atoms with Crippen molar-refractivity contribution >= 4 is 11.6 Å². The largest absolute Gasteiger partial charge is 0.374 e. The number of anilines is 1. The van der Waals surface area contributed by atoms with E-state index in [0.717, 1.165) is 5.69 Å². The minimum absolute atomic E-state index is 0.0172. The molecule has 0 saturated carbocycles. The minimum atomic E-state index is 0.0172. The number of carbonyl (C=O) groups excluding carboxylic acids is 1.